The van der Waals surface area contributed by atoms with Crippen LogP contribution in [-0.4, -0.2) is 25.3 Å². The van der Waals surface area contributed by atoms with Gasteiger partial charge in [0.1, 0.15) is 0 Å². The Morgan fingerprint density at radius 3 is 2.68 bits per heavy atom. The fraction of sp³-hybridized carbons (Fsp3) is 1.00. The van der Waals surface area contributed by atoms with Crippen molar-refractivity contribution in [3.05, 3.63) is 0 Å². The Balaban J connectivity index is 2.37. The molecule has 0 aromatic carbocycles. The summed E-state index contributed by atoms with van der Waals surface area (Å²) in [5, 5.41) is 3.68. The fourth-order valence-electron chi connectivity index (χ4n) is 2.99. The molecule has 19 heavy (non-hydrogen) atoms. The van der Waals surface area contributed by atoms with Gasteiger partial charge >= 0.3 is 0 Å². The van der Waals surface area contributed by atoms with E-state index in [0.717, 1.165) is 19.1 Å². The van der Waals surface area contributed by atoms with Crippen molar-refractivity contribution in [1.82, 2.24) is 5.32 Å². The van der Waals surface area contributed by atoms with Crippen molar-refractivity contribution < 1.29 is 4.74 Å². The van der Waals surface area contributed by atoms with Crippen molar-refractivity contribution in [3.63, 3.8) is 0 Å². The first kappa shape index (κ1) is 17.0. The minimum atomic E-state index is 0.419. The normalized spacial score (nSPS) is 26.8. The second kappa shape index (κ2) is 8.26. The summed E-state index contributed by atoms with van der Waals surface area (Å²) in [4.78, 5) is 0. The van der Waals surface area contributed by atoms with Gasteiger partial charge in [-0.1, -0.05) is 34.6 Å². The zero-order valence-corrected chi connectivity index (χ0v) is 13.8. The predicted octanol–water partition coefficient (Wildman–Crippen LogP) is 4.39. The van der Waals surface area contributed by atoms with Crippen LogP contribution < -0.4 is 5.32 Å². The molecule has 114 valence electrons. The van der Waals surface area contributed by atoms with Crippen LogP contribution in [0.15, 0.2) is 0 Å². The molecule has 0 bridgehead atoms. The van der Waals surface area contributed by atoms with Crippen LogP contribution in [0.25, 0.3) is 0 Å². The third-order valence-corrected chi connectivity index (χ3v) is 4.25. The third-order valence-electron chi connectivity index (χ3n) is 4.25. The highest BCUT2D eigenvalue weighted by Crippen LogP contribution is 2.36. The van der Waals surface area contributed by atoms with Gasteiger partial charge in [0.25, 0.3) is 0 Å². The van der Waals surface area contributed by atoms with Crippen molar-refractivity contribution in [3.8, 4) is 0 Å². The number of rotatable bonds is 8. The molecule has 0 saturated heterocycles. The Hall–Kier alpha value is -0.0800. The van der Waals surface area contributed by atoms with E-state index in [9.17, 15) is 0 Å². The molecule has 0 radical (unpaired) electrons. The van der Waals surface area contributed by atoms with E-state index in [4.69, 9.17) is 4.74 Å². The minimum Gasteiger partial charge on any atom is -0.377 e. The molecule has 0 amide bonds. The average molecular weight is 269 g/mol. The summed E-state index contributed by atoms with van der Waals surface area (Å²) in [7, 11) is 0. The van der Waals surface area contributed by atoms with Gasteiger partial charge in [-0.05, 0) is 56.4 Å². The van der Waals surface area contributed by atoms with Gasteiger partial charge < -0.3 is 10.1 Å². The lowest BCUT2D eigenvalue weighted by atomic mass is 9.74. The molecule has 2 atom stereocenters. The molecule has 1 aliphatic rings. The average Bonchev–Trinajstić information content (AvgIpc) is 2.32. The summed E-state index contributed by atoms with van der Waals surface area (Å²) in [5.41, 5.74) is 0.451. The van der Waals surface area contributed by atoms with Gasteiger partial charge in [0.15, 0.2) is 0 Å². The summed E-state index contributed by atoms with van der Waals surface area (Å²) in [6.45, 7) is 13.6. The first-order valence-electron chi connectivity index (χ1n) is 8.29. The van der Waals surface area contributed by atoms with Crippen molar-refractivity contribution >= 4 is 0 Å². The summed E-state index contributed by atoms with van der Waals surface area (Å²) in [5.74, 6) is 0.792. The second-order valence-electron chi connectivity index (χ2n) is 7.41. The molecule has 0 aromatic heterocycles. The van der Waals surface area contributed by atoms with Crippen LogP contribution in [-0.2, 0) is 4.74 Å². The van der Waals surface area contributed by atoms with Gasteiger partial charge in [-0.25, -0.2) is 0 Å². The van der Waals surface area contributed by atoms with Crippen LogP contribution in [0.5, 0.6) is 0 Å². The highest BCUT2D eigenvalue weighted by atomic mass is 16.5. The number of ether oxygens (including phenoxy) is 1. The van der Waals surface area contributed by atoms with Crippen LogP contribution >= 0.6 is 0 Å². The van der Waals surface area contributed by atoms with Gasteiger partial charge in [0.05, 0.1) is 6.10 Å². The molecule has 1 aliphatic carbocycles. The number of hydrogen-bond acceptors (Lipinski definition) is 2. The zero-order valence-electron chi connectivity index (χ0n) is 13.8. The molecule has 1 rings (SSSR count). The molecule has 0 aromatic rings. The number of hydrogen-bond donors (Lipinski definition) is 1. The van der Waals surface area contributed by atoms with E-state index in [1.54, 1.807) is 0 Å². The molecule has 2 heteroatoms. The van der Waals surface area contributed by atoms with Gasteiger partial charge in [-0.2, -0.15) is 0 Å². The van der Waals surface area contributed by atoms with Crippen LogP contribution in [0.3, 0.4) is 0 Å². The third kappa shape index (κ3) is 6.76. The quantitative estimate of drug-likeness (QED) is 0.660. The lowest BCUT2D eigenvalue weighted by molar-refractivity contribution is -0.0298. The maximum atomic E-state index is 6.22. The fourth-order valence-corrected chi connectivity index (χ4v) is 2.99. The largest absolute Gasteiger partial charge is 0.377 e. The van der Waals surface area contributed by atoms with E-state index in [1.165, 1.54) is 38.5 Å². The maximum Gasteiger partial charge on any atom is 0.0733 e. The monoisotopic (exact) mass is 269 g/mol. The highest BCUT2D eigenvalue weighted by Gasteiger charge is 2.34. The van der Waals surface area contributed by atoms with E-state index in [0.29, 0.717) is 17.6 Å². The molecular weight excluding hydrogens is 234 g/mol. The second-order valence-corrected chi connectivity index (χ2v) is 7.41. The molecule has 2 nitrogen and oxygen atoms in total. The molecular formula is C17H35NO. The van der Waals surface area contributed by atoms with Crippen molar-refractivity contribution in [2.75, 3.05) is 13.2 Å². The van der Waals surface area contributed by atoms with Crippen molar-refractivity contribution in [2.24, 2.45) is 11.3 Å². The highest BCUT2D eigenvalue weighted by molar-refractivity contribution is 4.89. The molecule has 1 N–H and O–H groups in total. The minimum absolute atomic E-state index is 0.419. The lowest BCUT2D eigenvalue weighted by Crippen LogP contribution is -2.48. The summed E-state index contributed by atoms with van der Waals surface area (Å²) < 4.78 is 6.22. The molecule has 1 fully saturated rings. The van der Waals surface area contributed by atoms with Gasteiger partial charge in [-0.3, -0.25) is 0 Å². The molecule has 2 unspecified atom stereocenters. The Kier molecular flexibility index (Phi) is 7.38. The molecule has 1 saturated carbocycles. The Bertz CT molecular complexity index is 237. The van der Waals surface area contributed by atoms with E-state index in [2.05, 4.69) is 39.9 Å². The topological polar surface area (TPSA) is 21.3 Å². The Labute approximate surface area is 120 Å². The van der Waals surface area contributed by atoms with Gasteiger partial charge in [0.2, 0.25) is 0 Å². The van der Waals surface area contributed by atoms with Crippen LogP contribution in [0, 0.1) is 11.3 Å². The van der Waals surface area contributed by atoms with E-state index < -0.39 is 0 Å². The first-order chi connectivity index (χ1) is 8.94. The molecule has 0 spiro atoms. The Morgan fingerprint density at radius 2 is 2.05 bits per heavy atom. The maximum absolute atomic E-state index is 6.22. The van der Waals surface area contributed by atoms with E-state index >= 15 is 0 Å². The standard InChI is InChI=1S/C17H35NO/c1-6-11-18-15-9-10-17(4,5)13-16(15)19-12-7-8-14(2)3/h14-16,18H,6-13H2,1-5H3. The van der Waals surface area contributed by atoms with Crippen molar-refractivity contribution in [2.45, 2.75) is 85.3 Å². The molecule has 0 aliphatic heterocycles. The van der Waals surface area contributed by atoms with Gasteiger partial charge in [0, 0.05) is 12.6 Å². The summed E-state index contributed by atoms with van der Waals surface area (Å²) in [6, 6.07) is 0.576. The predicted molar refractivity (Wildman–Crippen MR) is 83.5 cm³/mol. The van der Waals surface area contributed by atoms with E-state index in [1.807, 2.05) is 0 Å². The number of nitrogens with one attached hydrogen (secondary N) is 1. The van der Waals surface area contributed by atoms with Crippen LogP contribution in [0.2, 0.25) is 0 Å². The van der Waals surface area contributed by atoms with E-state index in [-0.39, 0.29) is 0 Å². The van der Waals surface area contributed by atoms with Crippen molar-refractivity contribution in [1.29, 1.82) is 0 Å². The Morgan fingerprint density at radius 1 is 1.32 bits per heavy atom. The zero-order chi connectivity index (χ0) is 14.3. The summed E-state index contributed by atoms with van der Waals surface area (Å²) >= 11 is 0. The summed E-state index contributed by atoms with van der Waals surface area (Å²) in [6.07, 6.45) is 7.90. The SMILES string of the molecule is CCCNC1CCC(C)(C)CC1OCCCC(C)C. The lowest BCUT2D eigenvalue weighted by Gasteiger charge is -2.41. The van der Waals surface area contributed by atoms with Crippen LogP contribution in [0.4, 0.5) is 0 Å². The van der Waals surface area contributed by atoms with Crippen LogP contribution in [0.1, 0.15) is 73.1 Å². The molecule has 0 heterocycles. The first-order valence-corrected chi connectivity index (χ1v) is 8.29. The van der Waals surface area contributed by atoms with Gasteiger partial charge in [-0.15, -0.1) is 0 Å². The smallest absolute Gasteiger partial charge is 0.0733 e.